The van der Waals surface area contributed by atoms with Gasteiger partial charge < -0.3 is 24.8 Å². The molecule has 0 unspecified atom stereocenters. The van der Waals surface area contributed by atoms with Gasteiger partial charge in [0, 0.05) is 0 Å². The van der Waals surface area contributed by atoms with Crippen LogP contribution in [0, 0.1) is 0 Å². The second kappa shape index (κ2) is 16.1. The average Bonchev–Trinajstić information content (AvgIpc) is 3.15. The van der Waals surface area contributed by atoms with Crippen molar-refractivity contribution in [3.63, 3.8) is 0 Å². The van der Waals surface area contributed by atoms with Crippen LogP contribution in [0.5, 0.6) is 0 Å². The van der Waals surface area contributed by atoms with Gasteiger partial charge in [-0.05, 0) is 0 Å². The van der Waals surface area contributed by atoms with Crippen molar-refractivity contribution in [2.45, 2.75) is 125 Å². The second-order valence-electron chi connectivity index (χ2n) is 9.84. The van der Waals surface area contributed by atoms with Crippen molar-refractivity contribution in [1.29, 1.82) is 0 Å². The van der Waals surface area contributed by atoms with E-state index in [2.05, 4.69) is 38.2 Å². The monoisotopic (exact) mass is 632 g/mol. The number of unbranched alkanes of at least 4 members (excludes halogenated alkanes) is 10. The molecule has 1 heterocycles. The van der Waals surface area contributed by atoms with Crippen molar-refractivity contribution < 1.29 is 44.8 Å². The number of rotatable bonds is 16. The summed E-state index contributed by atoms with van der Waals surface area (Å²) in [5, 5.41) is 0. The molecule has 0 aromatic rings. The van der Waals surface area contributed by atoms with E-state index in [4.69, 9.17) is 0 Å². The maximum atomic E-state index is 2.54. The van der Waals surface area contributed by atoms with E-state index in [9.17, 15) is 0 Å². The number of halogens is 2. The van der Waals surface area contributed by atoms with Crippen LogP contribution in [-0.2, 0) is 20.0 Å². The topological polar surface area (TPSA) is 0 Å². The first kappa shape index (κ1) is 29.4. The zero-order valence-electron chi connectivity index (χ0n) is 20.3. The Morgan fingerprint density at radius 2 is 0.968 bits per heavy atom. The van der Waals surface area contributed by atoms with Gasteiger partial charge in [0.1, 0.15) is 0 Å². The average molecular weight is 632 g/mol. The van der Waals surface area contributed by atoms with Crippen LogP contribution in [0.3, 0.4) is 0 Å². The second-order valence-corrected chi connectivity index (χ2v) is 25.5. The summed E-state index contributed by atoms with van der Waals surface area (Å²) in [5.74, 6) is 0. The number of allylic oxidation sites excluding steroid dienone is 8. The normalized spacial score (nSPS) is 17.5. The molecule has 1 saturated heterocycles. The molecular weight excluding hydrogens is 586 g/mol. The third kappa shape index (κ3) is 8.60. The quantitative estimate of drug-likeness (QED) is 0.179. The molecule has 3 rings (SSSR count). The van der Waals surface area contributed by atoms with E-state index in [1.807, 2.05) is 17.8 Å². The Morgan fingerprint density at radius 3 is 1.35 bits per heavy atom. The molecule has 0 aromatic carbocycles. The van der Waals surface area contributed by atoms with Gasteiger partial charge in [-0.1, -0.05) is 0 Å². The molecule has 1 aliphatic heterocycles. The summed E-state index contributed by atoms with van der Waals surface area (Å²) >= 11 is -2.27. The fraction of sp³-hybridized carbons (Fsp3) is 0.714. The van der Waals surface area contributed by atoms with Crippen LogP contribution < -0.4 is 24.8 Å². The summed E-state index contributed by atoms with van der Waals surface area (Å²) in [6.07, 6.45) is 32.7. The smallest absolute Gasteiger partial charge is 1.00 e. The van der Waals surface area contributed by atoms with Gasteiger partial charge in [0.15, 0.2) is 0 Å². The zero-order chi connectivity index (χ0) is 20.4. The Morgan fingerprint density at radius 1 is 0.581 bits per heavy atom. The number of hydrogen-bond acceptors (Lipinski definition) is 0. The summed E-state index contributed by atoms with van der Waals surface area (Å²) in [4.78, 5) is 0. The van der Waals surface area contributed by atoms with Gasteiger partial charge in [-0.15, -0.1) is 0 Å². The third-order valence-corrected chi connectivity index (χ3v) is 25.0. The molecule has 0 spiro atoms. The van der Waals surface area contributed by atoms with Crippen LogP contribution in [0.2, 0.25) is 8.35 Å². The van der Waals surface area contributed by atoms with Crippen molar-refractivity contribution in [2.75, 3.05) is 0 Å². The minimum atomic E-state index is -2.27. The Hall–Kier alpha value is 0.410. The van der Waals surface area contributed by atoms with E-state index in [0.29, 0.717) is 0 Å². The van der Waals surface area contributed by atoms with Gasteiger partial charge in [0.25, 0.3) is 0 Å². The number of hydrogen-bond donors (Lipinski definition) is 0. The van der Waals surface area contributed by atoms with Gasteiger partial charge in [-0.2, -0.15) is 0 Å². The van der Waals surface area contributed by atoms with Gasteiger partial charge in [-0.25, -0.2) is 0 Å². The summed E-state index contributed by atoms with van der Waals surface area (Å²) in [6, 6.07) is 0. The molecule has 3 aliphatic rings. The SMILES string of the molecule is CCCCCCCCC1=[C]([Hf+2]2([C]3=C(CCCCCCCC)C=CC3)[CH2][CH2]2)CC=C1.[Cl-].[Cl-]. The van der Waals surface area contributed by atoms with E-state index in [1.165, 1.54) is 103 Å². The maximum Gasteiger partial charge on any atom is -1.00 e. The molecule has 31 heavy (non-hydrogen) atoms. The minimum absolute atomic E-state index is 0. The minimum Gasteiger partial charge on any atom is -1.00 e. The van der Waals surface area contributed by atoms with E-state index in [0.717, 1.165) is 0 Å². The first-order chi connectivity index (χ1) is 14.3. The van der Waals surface area contributed by atoms with Gasteiger partial charge >= 0.3 is 187 Å². The van der Waals surface area contributed by atoms with Crippen LogP contribution in [0.4, 0.5) is 0 Å². The molecule has 0 atom stereocenters. The van der Waals surface area contributed by atoms with Crippen LogP contribution >= 0.6 is 0 Å². The first-order valence-corrected chi connectivity index (χ1v) is 21.8. The molecule has 0 amide bonds. The summed E-state index contributed by atoms with van der Waals surface area (Å²) in [7, 11) is 0. The fourth-order valence-corrected chi connectivity index (χ4v) is 29.1. The molecule has 0 bridgehead atoms. The molecule has 0 aromatic heterocycles. The predicted octanol–water partition coefficient (Wildman–Crippen LogP) is 3.93. The van der Waals surface area contributed by atoms with Crippen LogP contribution in [-0.4, -0.2) is 0 Å². The summed E-state index contributed by atoms with van der Waals surface area (Å²) < 4.78 is 7.37. The van der Waals surface area contributed by atoms with Gasteiger partial charge in [-0.3, -0.25) is 0 Å². The molecule has 176 valence electrons. The maximum absolute atomic E-state index is 2.54. The van der Waals surface area contributed by atoms with E-state index in [-0.39, 0.29) is 24.8 Å². The molecule has 0 nitrogen and oxygen atoms in total. The summed E-state index contributed by atoms with van der Waals surface area (Å²) in [5.41, 5.74) is 3.64. The van der Waals surface area contributed by atoms with E-state index < -0.39 is 20.0 Å². The fourth-order valence-electron chi connectivity index (χ4n) is 5.68. The van der Waals surface area contributed by atoms with Crippen LogP contribution in [0.15, 0.2) is 42.1 Å². The van der Waals surface area contributed by atoms with Crippen molar-refractivity contribution in [2.24, 2.45) is 0 Å². The third-order valence-electron chi connectivity index (χ3n) is 7.56. The van der Waals surface area contributed by atoms with Crippen molar-refractivity contribution in [3.05, 3.63) is 42.1 Å². The summed E-state index contributed by atoms with van der Waals surface area (Å²) in [6.45, 7) is 4.63. The molecular formula is C28H46Cl2Hf. The van der Waals surface area contributed by atoms with Gasteiger partial charge in [0.05, 0.1) is 0 Å². The van der Waals surface area contributed by atoms with E-state index >= 15 is 0 Å². The van der Waals surface area contributed by atoms with Crippen molar-refractivity contribution in [3.8, 4) is 0 Å². The van der Waals surface area contributed by atoms with Crippen LogP contribution in [0.1, 0.15) is 117 Å². The first-order valence-electron chi connectivity index (χ1n) is 13.1. The molecule has 0 radical (unpaired) electrons. The largest absolute Gasteiger partial charge is 1.00 e. The zero-order valence-corrected chi connectivity index (χ0v) is 25.4. The van der Waals surface area contributed by atoms with Crippen LogP contribution in [0.25, 0.3) is 0 Å². The van der Waals surface area contributed by atoms with Crippen molar-refractivity contribution >= 4 is 0 Å². The molecule has 3 heteroatoms. The Kier molecular flexibility index (Phi) is 15.3. The predicted molar refractivity (Wildman–Crippen MR) is 127 cm³/mol. The van der Waals surface area contributed by atoms with E-state index in [1.54, 1.807) is 8.35 Å². The molecule has 0 saturated carbocycles. The molecule has 0 N–H and O–H groups in total. The molecule has 1 fully saturated rings. The Balaban J connectivity index is 0.00000240. The Bertz CT molecular complexity index is 585. The van der Waals surface area contributed by atoms with Gasteiger partial charge in [0.2, 0.25) is 0 Å². The standard InChI is InChI=1S/2C13H21.C2H4.2ClH.Hf/c2*1-2-3-4-5-6-7-10-13-11-8-9-12-13;1-2;;;/h2*8,11H,2-7,9-10H2,1H3;1-2H2;2*1H;/q;;;;;+2/p-2. The van der Waals surface area contributed by atoms with Crippen molar-refractivity contribution in [1.82, 2.24) is 0 Å². The Labute approximate surface area is 210 Å². The molecule has 2 aliphatic carbocycles.